The van der Waals surface area contributed by atoms with Gasteiger partial charge in [-0.25, -0.2) is 0 Å². The lowest BCUT2D eigenvalue weighted by Gasteiger charge is -2.37. The van der Waals surface area contributed by atoms with Gasteiger partial charge in [-0.3, -0.25) is 9.69 Å². The highest BCUT2D eigenvalue weighted by Gasteiger charge is 2.29. The molecule has 4 aromatic rings. The SMILES string of the molecule is BC(=O)N[C@@H](Cc1ccccc1)C[C@H](O)[C@@H](Cc1ccccc1)N(Cc1ccccc1)Cc1ccccc1. The summed E-state index contributed by atoms with van der Waals surface area (Å²) in [7, 11) is 1.54. The summed E-state index contributed by atoms with van der Waals surface area (Å²) in [5.41, 5.74) is 4.73. The maximum atomic E-state index is 12.1. The lowest BCUT2D eigenvalue weighted by Crippen LogP contribution is -2.48. The molecule has 0 saturated heterocycles. The van der Waals surface area contributed by atoms with Gasteiger partial charge in [0.1, 0.15) is 0 Å². The molecule has 4 aromatic carbocycles. The highest BCUT2D eigenvalue weighted by atomic mass is 16.3. The molecule has 0 bridgehead atoms. The van der Waals surface area contributed by atoms with Crippen molar-refractivity contribution < 1.29 is 9.90 Å². The Morgan fingerprint density at radius 3 is 1.47 bits per heavy atom. The van der Waals surface area contributed by atoms with E-state index < -0.39 is 6.10 Å². The number of hydrogen-bond acceptors (Lipinski definition) is 3. The van der Waals surface area contributed by atoms with E-state index in [1.807, 2.05) is 48.5 Å². The Morgan fingerprint density at radius 2 is 1.05 bits per heavy atom. The molecule has 3 atom stereocenters. The van der Waals surface area contributed by atoms with Gasteiger partial charge in [0.25, 0.3) is 0 Å². The van der Waals surface area contributed by atoms with Crippen molar-refractivity contribution in [3.05, 3.63) is 144 Å². The van der Waals surface area contributed by atoms with Crippen LogP contribution in [0.2, 0.25) is 0 Å². The standard InChI is InChI=1S/C33H37BN2O2/c34-33(38)35-30(21-26-13-5-1-6-14-26)23-32(37)31(22-27-15-7-2-8-16-27)36(24-28-17-9-3-10-18-28)25-29-19-11-4-12-20-29/h1-20,30-32,37H,21-25,34H2,(H,35,38)/t30-,31+,32-/m0/s1. The highest BCUT2D eigenvalue weighted by molar-refractivity contribution is 6.57. The van der Waals surface area contributed by atoms with E-state index >= 15 is 0 Å². The van der Waals surface area contributed by atoms with Gasteiger partial charge < -0.3 is 10.4 Å². The van der Waals surface area contributed by atoms with E-state index in [2.05, 4.69) is 83.0 Å². The van der Waals surface area contributed by atoms with Crippen molar-refractivity contribution in [2.75, 3.05) is 0 Å². The van der Waals surface area contributed by atoms with Crippen LogP contribution in [0, 0.1) is 0 Å². The zero-order chi connectivity index (χ0) is 26.6. The molecule has 38 heavy (non-hydrogen) atoms. The number of nitrogens with one attached hydrogen (secondary N) is 1. The fraction of sp³-hybridized carbons (Fsp3) is 0.242. The quantitative estimate of drug-likeness (QED) is 0.252. The molecule has 0 aliphatic carbocycles. The zero-order valence-electron chi connectivity index (χ0n) is 22.1. The largest absolute Gasteiger partial charge is 0.391 e. The number of aliphatic hydroxyl groups excluding tert-OH is 1. The second kappa shape index (κ2) is 14.3. The molecule has 0 aromatic heterocycles. The van der Waals surface area contributed by atoms with Crippen LogP contribution >= 0.6 is 0 Å². The number of nitrogens with zero attached hydrogens (tertiary/aromatic N) is 1. The van der Waals surface area contributed by atoms with Gasteiger partial charge in [-0.1, -0.05) is 121 Å². The Kier molecular flexibility index (Phi) is 10.3. The van der Waals surface area contributed by atoms with Crippen LogP contribution in [0.25, 0.3) is 0 Å². The maximum absolute atomic E-state index is 12.1. The second-order valence-corrected chi connectivity index (χ2v) is 10.0. The number of aliphatic hydroxyl groups is 1. The smallest absolute Gasteiger partial charge is 0.215 e. The minimum atomic E-state index is -0.650. The molecule has 4 rings (SSSR count). The monoisotopic (exact) mass is 504 g/mol. The van der Waals surface area contributed by atoms with Gasteiger partial charge in [0.15, 0.2) is 5.81 Å². The van der Waals surface area contributed by atoms with E-state index in [-0.39, 0.29) is 17.9 Å². The first-order chi connectivity index (χ1) is 18.6. The summed E-state index contributed by atoms with van der Waals surface area (Å²) in [4.78, 5) is 14.5. The summed E-state index contributed by atoms with van der Waals surface area (Å²) < 4.78 is 0. The predicted molar refractivity (Wildman–Crippen MR) is 158 cm³/mol. The molecule has 0 aliphatic rings. The predicted octanol–water partition coefficient (Wildman–Crippen LogP) is 5.01. The summed E-state index contributed by atoms with van der Waals surface area (Å²) in [5, 5.41) is 15.0. The first kappa shape index (κ1) is 27.4. The van der Waals surface area contributed by atoms with E-state index in [9.17, 15) is 9.90 Å². The van der Waals surface area contributed by atoms with Gasteiger partial charge in [0.2, 0.25) is 7.85 Å². The molecule has 194 valence electrons. The van der Waals surface area contributed by atoms with Crippen molar-refractivity contribution in [2.24, 2.45) is 0 Å². The van der Waals surface area contributed by atoms with Crippen molar-refractivity contribution in [1.82, 2.24) is 10.2 Å². The number of rotatable bonds is 13. The maximum Gasteiger partial charge on any atom is 0.215 e. The fourth-order valence-electron chi connectivity index (χ4n) is 5.12. The van der Waals surface area contributed by atoms with Crippen molar-refractivity contribution in [3.8, 4) is 0 Å². The lowest BCUT2D eigenvalue weighted by molar-refractivity contribution is 0.0287. The van der Waals surface area contributed by atoms with Gasteiger partial charge in [-0.2, -0.15) is 0 Å². The number of hydrogen-bond donors (Lipinski definition) is 2. The van der Waals surface area contributed by atoms with E-state index in [0.29, 0.717) is 32.4 Å². The highest BCUT2D eigenvalue weighted by Crippen LogP contribution is 2.22. The molecular weight excluding hydrogens is 467 g/mol. The number of carbonyl (C=O) groups is 1. The average molecular weight is 504 g/mol. The molecule has 0 spiro atoms. The molecule has 0 heterocycles. The normalized spacial score (nSPS) is 13.5. The third kappa shape index (κ3) is 8.72. The zero-order valence-corrected chi connectivity index (χ0v) is 22.1. The third-order valence-corrected chi connectivity index (χ3v) is 6.92. The van der Waals surface area contributed by atoms with Crippen molar-refractivity contribution >= 4 is 13.7 Å². The molecule has 4 nitrogen and oxygen atoms in total. The van der Waals surface area contributed by atoms with Crippen LogP contribution in [0.5, 0.6) is 0 Å². The first-order valence-electron chi connectivity index (χ1n) is 13.4. The summed E-state index contributed by atoms with van der Waals surface area (Å²) in [6, 6.07) is 41.1. The Bertz CT molecular complexity index is 1180. The van der Waals surface area contributed by atoms with Crippen molar-refractivity contribution in [3.63, 3.8) is 0 Å². The number of amides is 1. The Balaban J connectivity index is 1.63. The van der Waals surface area contributed by atoms with Gasteiger partial charge in [-0.15, -0.1) is 0 Å². The van der Waals surface area contributed by atoms with Gasteiger partial charge in [0, 0.05) is 25.2 Å². The number of carbonyl (C=O) groups excluding carboxylic acids is 1. The van der Waals surface area contributed by atoms with E-state index in [1.165, 1.54) is 16.7 Å². The first-order valence-corrected chi connectivity index (χ1v) is 13.4. The molecule has 2 N–H and O–H groups in total. The second-order valence-electron chi connectivity index (χ2n) is 10.0. The van der Waals surface area contributed by atoms with E-state index in [0.717, 1.165) is 5.56 Å². The van der Waals surface area contributed by atoms with Crippen LogP contribution in [-0.2, 0) is 25.9 Å². The lowest BCUT2D eigenvalue weighted by atomic mass is 9.91. The van der Waals surface area contributed by atoms with Crippen LogP contribution in [-0.4, -0.2) is 41.8 Å². The van der Waals surface area contributed by atoms with Crippen molar-refractivity contribution in [2.45, 2.75) is 50.5 Å². The average Bonchev–Trinajstić information content (AvgIpc) is 2.93. The fourth-order valence-corrected chi connectivity index (χ4v) is 5.12. The van der Waals surface area contributed by atoms with Gasteiger partial charge >= 0.3 is 0 Å². The van der Waals surface area contributed by atoms with Crippen LogP contribution in [0.1, 0.15) is 28.7 Å². The molecule has 0 saturated carbocycles. The van der Waals surface area contributed by atoms with E-state index in [1.54, 1.807) is 7.85 Å². The Labute approximate surface area is 227 Å². The van der Waals surface area contributed by atoms with Crippen LogP contribution < -0.4 is 5.32 Å². The van der Waals surface area contributed by atoms with Crippen LogP contribution in [0.3, 0.4) is 0 Å². The minimum Gasteiger partial charge on any atom is -0.391 e. The third-order valence-electron chi connectivity index (χ3n) is 6.92. The Hall–Kier alpha value is -3.67. The number of benzene rings is 4. The molecular formula is C33H37BN2O2. The summed E-state index contributed by atoms with van der Waals surface area (Å²) in [5.74, 6) is -0.0804. The van der Waals surface area contributed by atoms with Crippen LogP contribution in [0.15, 0.2) is 121 Å². The molecule has 0 radical (unpaired) electrons. The molecule has 1 amide bonds. The Morgan fingerprint density at radius 1 is 0.658 bits per heavy atom. The van der Waals surface area contributed by atoms with Crippen LogP contribution in [0.4, 0.5) is 4.79 Å². The minimum absolute atomic E-state index is 0.0804. The molecule has 0 fully saturated rings. The van der Waals surface area contributed by atoms with Gasteiger partial charge in [0.05, 0.1) is 6.10 Å². The van der Waals surface area contributed by atoms with E-state index in [4.69, 9.17) is 0 Å². The van der Waals surface area contributed by atoms with Crippen molar-refractivity contribution in [1.29, 1.82) is 0 Å². The summed E-state index contributed by atoms with van der Waals surface area (Å²) in [6.07, 6.45) is 1.20. The topological polar surface area (TPSA) is 52.6 Å². The molecule has 5 heteroatoms. The summed E-state index contributed by atoms with van der Waals surface area (Å²) >= 11 is 0. The molecule has 0 aliphatic heterocycles. The molecule has 0 unspecified atom stereocenters. The summed E-state index contributed by atoms with van der Waals surface area (Å²) in [6.45, 7) is 1.43. The van der Waals surface area contributed by atoms with Gasteiger partial charge in [-0.05, 0) is 41.5 Å².